The van der Waals surface area contributed by atoms with Gasteiger partial charge in [0.05, 0.1) is 6.54 Å². The van der Waals surface area contributed by atoms with Gasteiger partial charge in [0.2, 0.25) is 11.8 Å². The topological polar surface area (TPSA) is 117 Å². The molecule has 0 saturated carbocycles. The van der Waals surface area contributed by atoms with E-state index in [2.05, 4.69) is 22.5 Å². The van der Waals surface area contributed by atoms with E-state index < -0.39 is 18.0 Å². The third-order valence-electron chi connectivity index (χ3n) is 4.76. The molecule has 1 unspecified atom stereocenters. The number of piperidine rings is 1. The van der Waals surface area contributed by atoms with Crippen molar-refractivity contribution in [2.24, 2.45) is 0 Å². The first-order valence-electron chi connectivity index (χ1n) is 8.91. The highest BCUT2D eigenvalue weighted by Gasteiger charge is 2.39. The van der Waals surface area contributed by atoms with Crippen LogP contribution >= 0.6 is 0 Å². The summed E-state index contributed by atoms with van der Waals surface area (Å²) in [5.41, 5.74) is 2.59. The molecule has 0 radical (unpaired) electrons. The van der Waals surface area contributed by atoms with Gasteiger partial charge in [-0.1, -0.05) is 26.1 Å². The van der Waals surface area contributed by atoms with Crippen LogP contribution in [0.1, 0.15) is 41.8 Å². The lowest BCUT2D eigenvalue weighted by atomic mass is 10.0. The Morgan fingerprint density at radius 2 is 2.10 bits per heavy atom. The normalized spacial score (nSPS) is 17.8. The summed E-state index contributed by atoms with van der Waals surface area (Å²) in [6.45, 7) is 4.27. The third-order valence-corrected chi connectivity index (χ3v) is 4.76. The molecule has 2 heterocycles. The van der Waals surface area contributed by atoms with E-state index in [0.717, 1.165) is 5.56 Å². The van der Waals surface area contributed by atoms with Crippen LogP contribution in [-0.2, 0) is 27.5 Å². The number of hydrogen-bond acceptors (Lipinski definition) is 6. The number of carbonyl (C=O) groups excluding carboxylic acids is 4. The third kappa shape index (κ3) is 4.92. The van der Waals surface area contributed by atoms with Gasteiger partial charge in [-0.05, 0) is 23.6 Å². The number of fused-ring (bicyclic) bond motifs is 1. The van der Waals surface area contributed by atoms with Gasteiger partial charge < -0.3 is 20.3 Å². The summed E-state index contributed by atoms with van der Waals surface area (Å²) in [6, 6.07) is 4.59. The summed E-state index contributed by atoms with van der Waals surface area (Å²) in [4.78, 5) is 49.3. The standard InChI is InChI=1S/C19H22N4O5.CH4/c1-11(20-2)8-21-19(27)28-10-12-3-4-13-9-23(18(26)14(13)7-12)15-5-6-16(24)22-17(15)25;/h3-4,7,15,20H,1,5-6,8-10H2,2H3,(H,21,27)(H,22,24,25);1H4. The molecule has 1 fully saturated rings. The second-order valence-electron chi connectivity index (χ2n) is 6.67. The number of ether oxygens (including phenoxy) is 1. The first kappa shape index (κ1) is 21.9. The number of alkyl carbamates (subject to hydrolysis) is 1. The first-order chi connectivity index (χ1) is 13.4. The van der Waals surface area contributed by atoms with Crippen molar-refractivity contribution in [3.63, 3.8) is 0 Å². The van der Waals surface area contributed by atoms with Crippen LogP contribution in [0.3, 0.4) is 0 Å². The SMILES string of the molecule is C.C=C(CNC(=O)OCc1ccc2c(c1)C(=O)N(C1CCC(=O)NC1=O)C2)NC. The van der Waals surface area contributed by atoms with Crippen molar-refractivity contribution in [2.45, 2.75) is 39.5 Å². The Balaban J connectivity index is 0.00000300. The van der Waals surface area contributed by atoms with Crippen molar-refractivity contribution in [1.82, 2.24) is 20.9 Å². The van der Waals surface area contributed by atoms with Crippen LogP contribution in [0.2, 0.25) is 0 Å². The molecule has 3 rings (SSSR count). The Bertz CT molecular complexity index is 851. The number of imide groups is 1. The van der Waals surface area contributed by atoms with E-state index in [-0.39, 0.29) is 38.8 Å². The quantitative estimate of drug-likeness (QED) is 0.612. The average molecular weight is 402 g/mol. The number of nitrogens with zero attached hydrogens (tertiary/aromatic N) is 1. The molecular weight excluding hydrogens is 376 g/mol. The highest BCUT2D eigenvalue weighted by Crippen LogP contribution is 2.28. The molecule has 0 bridgehead atoms. The Kier molecular flexibility index (Phi) is 6.98. The summed E-state index contributed by atoms with van der Waals surface area (Å²) in [7, 11) is 1.70. The lowest BCUT2D eigenvalue weighted by Crippen LogP contribution is -2.52. The van der Waals surface area contributed by atoms with Gasteiger partial charge in [-0.2, -0.15) is 0 Å². The lowest BCUT2D eigenvalue weighted by Gasteiger charge is -2.29. The van der Waals surface area contributed by atoms with Crippen LogP contribution in [0.4, 0.5) is 4.79 Å². The van der Waals surface area contributed by atoms with Crippen molar-refractivity contribution in [1.29, 1.82) is 0 Å². The largest absolute Gasteiger partial charge is 0.445 e. The molecule has 156 valence electrons. The van der Waals surface area contributed by atoms with E-state index in [9.17, 15) is 19.2 Å². The van der Waals surface area contributed by atoms with E-state index >= 15 is 0 Å². The van der Waals surface area contributed by atoms with Crippen molar-refractivity contribution in [3.05, 3.63) is 47.2 Å². The zero-order chi connectivity index (χ0) is 20.3. The highest BCUT2D eigenvalue weighted by atomic mass is 16.5. The molecule has 1 aromatic rings. The first-order valence-corrected chi connectivity index (χ1v) is 8.91. The Labute approximate surface area is 169 Å². The van der Waals surface area contributed by atoms with Crippen LogP contribution in [0.15, 0.2) is 30.5 Å². The predicted octanol–water partition coefficient (Wildman–Crippen LogP) is 1.04. The van der Waals surface area contributed by atoms with E-state index in [0.29, 0.717) is 29.8 Å². The van der Waals surface area contributed by atoms with E-state index in [4.69, 9.17) is 4.74 Å². The van der Waals surface area contributed by atoms with Gasteiger partial charge in [0, 0.05) is 31.3 Å². The number of amides is 4. The molecular formula is C20H26N4O5. The van der Waals surface area contributed by atoms with Crippen molar-refractivity contribution < 1.29 is 23.9 Å². The summed E-state index contributed by atoms with van der Waals surface area (Å²) < 4.78 is 5.14. The zero-order valence-corrected chi connectivity index (χ0v) is 15.5. The molecule has 9 nitrogen and oxygen atoms in total. The fourth-order valence-electron chi connectivity index (χ4n) is 3.16. The number of likely N-dealkylation sites (N-methyl/N-ethyl adjacent to an activating group) is 1. The highest BCUT2D eigenvalue weighted by molar-refractivity contribution is 6.05. The van der Waals surface area contributed by atoms with Crippen molar-refractivity contribution in [3.8, 4) is 0 Å². The number of nitrogens with one attached hydrogen (secondary N) is 3. The Morgan fingerprint density at radius 1 is 1.34 bits per heavy atom. The Hall–Kier alpha value is -3.36. The molecule has 1 aromatic carbocycles. The van der Waals surface area contributed by atoms with E-state index in [1.54, 1.807) is 25.2 Å². The molecule has 29 heavy (non-hydrogen) atoms. The fraction of sp³-hybridized carbons (Fsp3) is 0.400. The van der Waals surface area contributed by atoms with E-state index in [1.807, 2.05) is 0 Å². The molecule has 1 atom stereocenters. The van der Waals surface area contributed by atoms with Gasteiger partial charge in [0.15, 0.2) is 0 Å². The van der Waals surface area contributed by atoms with Crippen LogP contribution in [0.5, 0.6) is 0 Å². The fourth-order valence-corrected chi connectivity index (χ4v) is 3.16. The van der Waals surface area contributed by atoms with Gasteiger partial charge in [-0.3, -0.25) is 19.7 Å². The number of carbonyl (C=O) groups is 4. The van der Waals surface area contributed by atoms with Crippen LogP contribution in [0.25, 0.3) is 0 Å². The van der Waals surface area contributed by atoms with Crippen molar-refractivity contribution in [2.75, 3.05) is 13.6 Å². The second-order valence-corrected chi connectivity index (χ2v) is 6.67. The van der Waals surface area contributed by atoms with E-state index in [1.165, 1.54) is 4.90 Å². The van der Waals surface area contributed by atoms with Crippen molar-refractivity contribution >= 4 is 23.8 Å². The smallest absolute Gasteiger partial charge is 0.407 e. The van der Waals surface area contributed by atoms with Gasteiger partial charge in [0.1, 0.15) is 12.6 Å². The van der Waals surface area contributed by atoms with Crippen LogP contribution in [0, 0.1) is 0 Å². The van der Waals surface area contributed by atoms with Gasteiger partial charge >= 0.3 is 6.09 Å². The van der Waals surface area contributed by atoms with Gasteiger partial charge in [-0.25, -0.2) is 4.79 Å². The number of benzene rings is 1. The van der Waals surface area contributed by atoms with Crippen LogP contribution in [-0.4, -0.2) is 48.3 Å². The molecule has 0 aromatic heterocycles. The number of hydrogen-bond donors (Lipinski definition) is 3. The molecule has 4 amide bonds. The minimum Gasteiger partial charge on any atom is -0.445 e. The number of rotatable bonds is 6. The summed E-state index contributed by atoms with van der Waals surface area (Å²) >= 11 is 0. The summed E-state index contributed by atoms with van der Waals surface area (Å²) in [5, 5.41) is 7.64. The molecule has 0 spiro atoms. The average Bonchev–Trinajstić information content (AvgIpc) is 3.00. The maximum absolute atomic E-state index is 12.7. The maximum Gasteiger partial charge on any atom is 0.407 e. The minimum absolute atomic E-state index is 0. The second kappa shape index (κ2) is 9.22. The molecule has 2 aliphatic rings. The monoisotopic (exact) mass is 402 g/mol. The van der Waals surface area contributed by atoms with Gasteiger partial charge in [0.25, 0.3) is 5.91 Å². The molecule has 1 saturated heterocycles. The maximum atomic E-state index is 12.7. The molecule has 9 heteroatoms. The predicted molar refractivity (Wildman–Crippen MR) is 106 cm³/mol. The zero-order valence-electron chi connectivity index (χ0n) is 15.5. The van der Waals surface area contributed by atoms with Crippen LogP contribution < -0.4 is 16.0 Å². The Morgan fingerprint density at radius 3 is 2.79 bits per heavy atom. The molecule has 3 N–H and O–H groups in total. The molecule has 0 aliphatic carbocycles. The lowest BCUT2D eigenvalue weighted by molar-refractivity contribution is -0.136. The minimum atomic E-state index is -0.650. The van der Waals surface area contributed by atoms with Gasteiger partial charge in [-0.15, -0.1) is 0 Å². The summed E-state index contributed by atoms with van der Waals surface area (Å²) in [5.74, 6) is -1.02. The summed E-state index contributed by atoms with van der Waals surface area (Å²) in [6.07, 6.45) is -0.0585. The molecule has 2 aliphatic heterocycles.